The third-order valence-electron chi connectivity index (χ3n) is 2.94. The van der Waals surface area contributed by atoms with Crippen molar-refractivity contribution in [3.8, 4) is 0 Å². The molecular formula is C16H17FN2OS. The molecule has 2 aromatic carbocycles. The van der Waals surface area contributed by atoms with Crippen molar-refractivity contribution in [3.63, 3.8) is 0 Å². The highest BCUT2D eigenvalue weighted by atomic mass is 32.2. The van der Waals surface area contributed by atoms with Gasteiger partial charge in [-0.1, -0.05) is 29.8 Å². The minimum atomic E-state index is -0.355. The third kappa shape index (κ3) is 4.79. The van der Waals surface area contributed by atoms with Crippen molar-refractivity contribution in [2.24, 2.45) is 0 Å². The molecule has 2 aromatic rings. The molecule has 21 heavy (non-hydrogen) atoms. The SMILES string of the molecule is Cc1ccc(CNC(=O)CSc2cc(F)ccc2N)cc1. The van der Waals surface area contributed by atoms with Crippen molar-refractivity contribution in [1.29, 1.82) is 0 Å². The van der Waals surface area contributed by atoms with Crippen molar-refractivity contribution in [1.82, 2.24) is 5.32 Å². The van der Waals surface area contributed by atoms with Gasteiger partial charge in [0.05, 0.1) is 5.75 Å². The summed E-state index contributed by atoms with van der Waals surface area (Å²) < 4.78 is 13.1. The Morgan fingerprint density at radius 3 is 2.67 bits per heavy atom. The zero-order chi connectivity index (χ0) is 15.2. The van der Waals surface area contributed by atoms with Crippen molar-refractivity contribution in [2.75, 3.05) is 11.5 Å². The lowest BCUT2D eigenvalue weighted by atomic mass is 10.1. The van der Waals surface area contributed by atoms with E-state index in [-0.39, 0.29) is 17.5 Å². The van der Waals surface area contributed by atoms with Gasteiger partial charge in [0.1, 0.15) is 5.82 Å². The molecule has 5 heteroatoms. The third-order valence-corrected chi connectivity index (χ3v) is 4.02. The quantitative estimate of drug-likeness (QED) is 0.659. The van der Waals surface area contributed by atoms with Gasteiger partial charge >= 0.3 is 0 Å². The Hall–Kier alpha value is -2.01. The van der Waals surface area contributed by atoms with Crippen LogP contribution in [0.5, 0.6) is 0 Å². The molecule has 3 nitrogen and oxygen atoms in total. The average Bonchev–Trinajstić information content (AvgIpc) is 2.47. The molecule has 0 aromatic heterocycles. The van der Waals surface area contributed by atoms with Crippen LogP contribution in [0.2, 0.25) is 0 Å². The molecule has 0 aliphatic rings. The van der Waals surface area contributed by atoms with Crippen LogP contribution < -0.4 is 11.1 Å². The van der Waals surface area contributed by atoms with Crippen LogP contribution in [-0.4, -0.2) is 11.7 Å². The summed E-state index contributed by atoms with van der Waals surface area (Å²) in [6.45, 7) is 2.50. The van der Waals surface area contributed by atoms with Gasteiger partial charge in [0.2, 0.25) is 5.91 Å². The summed E-state index contributed by atoms with van der Waals surface area (Å²) in [5.74, 6) is -0.254. The van der Waals surface area contributed by atoms with E-state index in [0.29, 0.717) is 17.1 Å². The van der Waals surface area contributed by atoms with Crippen LogP contribution >= 0.6 is 11.8 Å². The monoisotopic (exact) mass is 304 g/mol. The number of benzene rings is 2. The first-order valence-corrected chi connectivity index (χ1v) is 7.53. The molecule has 0 aliphatic heterocycles. The predicted octanol–water partition coefficient (Wildman–Crippen LogP) is 3.12. The molecule has 0 atom stereocenters. The summed E-state index contributed by atoms with van der Waals surface area (Å²) >= 11 is 1.23. The number of nitrogens with two attached hydrogens (primary N) is 1. The molecule has 0 saturated carbocycles. The van der Waals surface area contributed by atoms with E-state index in [1.54, 1.807) is 0 Å². The minimum Gasteiger partial charge on any atom is -0.398 e. The van der Waals surface area contributed by atoms with Gasteiger partial charge in [-0.15, -0.1) is 11.8 Å². The number of halogens is 1. The van der Waals surface area contributed by atoms with E-state index >= 15 is 0 Å². The average molecular weight is 304 g/mol. The van der Waals surface area contributed by atoms with E-state index in [4.69, 9.17) is 5.73 Å². The normalized spacial score (nSPS) is 10.4. The zero-order valence-corrected chi connectivity index (χ0v) is 12.5. The smallest absolute Gasteiger partial charge is 0.230 e. The topological polar surface area (TPSA) is 55.1 Å². The van der Waals surface area contributed by atoms with Crippen LogP contribution in [0.1, 0.15) is 11.1 Å². The number of nitrogens with one attached hydrogen (secondary N) is 1. The number of carbonyl (C=O) groups excluding carboxylic acids is 1. The molecule has 1 amide bonds. The molecule has 0 radical (unpaired) electrons. The van der Waals surface area contributed by atoms with Gasteiger partial charge in [-0.05, 0) is 30.7 Å². The number of hydrogen-bond donors (Lipinski definition) is 2. The zero-order valence-electron chi connectivity index (χ0n) is 11.7. The summed E-state index contributed by atoms with van der Waals surface area (Å²) in [5.41, 5.74) is 8.44. The fourth-order valence-corrected chi connectivity index (χ4v) is 2.55. The van der Waals surface area contributed by atoms with Gasteiger partial charge in [-0.25, -0.2) is 4.39 Å². The molecule has 0 heterocycles. The van der Waals surface area contributed by atoms with Crippen molar-refractivity contribution in [2.45, 2.75) is 18.4 Å². The molecule has 0 spiro atoms. The first-order chi connectivity index (χ1) is 10.0. The van der Waals surface area contributed by atoms with Gasteiger partial charge < -0.3 is 11.1 Å². The number of nitrogen functional groups attached to an aromatic ring is 1. The number of rotatable bonds is 5. The minimum absolute atomic E-state index is 0.107. The molecule has 0 aliphatic carbocycles. The molecule has 0 fully saturated rings. The van der Waals surface area contributed by atoms with Crippen LogP contribution in [0, 0.1) is 12.7 Å². The number of hydrogen-bond acceptors (Lipinski definition) is 3. The summed E-state index contributed by atoms with van der Waals surface area (Å²) in [6, 6.07) is 12.1. The van der Waals surface area contributed by atoms with Gasteiger partial charge in [-0.3, -0.25) is 4.79 Å². The second-order valence-electron chi connectivity index (χ2n) is 4.73. The maximum atomic E-state index is 13.1. The van der Waals surface area contributed by atoms with Crippen LogP contribution in [0.3, 0.4) is 0 Å². The van der Waals surface area contributed by atoms with Crippen LogP contribution in [0.4, 0.5) is 10.1 Å². The van der Waals surface area contributed by atoms with Crippen LogP contribution in [0.15, 0.2) is 47.4 Å². The molecule has 110 valence electrons. The van der Waals surface area contributed by atoms with Gasteiger partial charge in [0.15, 0.2) is 0 Å². The number of carbonyl (C=O) groups is 1. The molecule has 0 saturated heterocycles. The van der Waals surface area contributed by atoms with Crippen LogP contribution in [0.25, 0.3) is 0 Å². The molecule has 0 bridgehead atoms. The molecular weight excluding hydrogens is 287 g/mol. The highest BCUT2D eigenvalue weighted by Crippen LogP contribution is 2.25. The highest BCUT2D eigenvalue weighted by molar-refractivity contribution is 8.00. The van der Waals surface area contributed by atoms with E-state index in [1.807, 2.05) is 31.2 Å². The summed E-state index contributed by atoms with van der Waals surface area (Å²) in [6.07, 6.45) is 0. The van der Waals surface area contributed by atoms with Crippen molar-refractivity contribution in [3.05, 3.63) is 59.4 Å². The standard InChI is InChI=1S/C16H17FN2OS/c1-11-2-4-12(5-3-11)9-19-16(20)10-21-15-8-13(17)6-7-14(15)18/h2-8H,9-10,18H2,1H3,(H,19,20). The van der Waals surface area contributed by atoms with Gasteiger partial charge in [0.25, 0.3) is 0 Å². The van der Waals surface area contributed by atoms with Crippen molar-refractivity contribution < 1.29 is 9.18 Å². The summed E-state index contributed by atoms with van der Waals surface area (Å²) in [5, 5.41) is 2.83. The Balaban J connectivity index is 1.82. The van der Waals surface area contributed by atoms with E-state index in [1.165, 1.54) is 35.5 Å². The summed E-state index contributed by atoms with van der Waals surface area (Å²) in [7, 11) is 0. The Morgan fingerprint density at radius 1 is 1.24 bits per heavy atom. The lowest BCUT2D eigenvalue weighted by molar-refractivity contribution is -0.118. The van der Waals surface area contributed by atoms with E-state index in [9.17, 15) is 9.18 Å². The van der Waals surface area contributed by atoms with Crippen LogP contribution in [-0.2, 0) is 11.3 Å². The number of anilines is 1. The molecule has 0 unspecified atom stereocenters. The first-order valence-electron chi connectivity index (χ1n) is 6.54. The molecule has 3 N–H and O–H groups in total. The largest absolute Gasteiger partial charge is 0.398 e. The predicted molar refractivity (Wildman–Crippen MR) is 84.6 cm³/mol. The fourth-order valence-electron chi connectivity index (χ4n) is 1.73. The maximum absolute atomic E-state index is 13.1. The lowest BCUT2D eigenvalue weighted by Gasteiger charge is -2.07. The lowest BCUT2D eigenvalue weighted by Crippen LogP contribution is -2.24. The first kappa shape index (κ1) is 15.4. The maximum Gasteiger partial charge on any atom is 0.230 e. The van der Waals surface area contributed by atoms with E-state index in [0.717, 1.165) is 5.56 Å². The Labute approximate surface area is 127 Å². The summed E-state index contributed by atoms with van der Waals surface area (Å²) in [4.78, 5) is 12.4. The van der Waals surface area contributed by atoms with Crippen molar-refractivity contribution >= 4 is 23.4 Å². The second kappa shape index (κ2) is 7.13. The highest BCUT2D eigenvalue weighted by Gasteiger charge is 2.06. The Morgan fingerprint density at radius 2 is 1.95 bits per heavy atom. The number of aryl methyl sites for hydroxylation is 1. The number of amides is 1. The van der Waals surface area contributed by atoms with Gasteiger partial charge in [-0.2, -0.15) is 0 Å². The Kier molecular flexibility index (Phi) is 5.22. The Bertz CT molecular complexity index is 629. The fraction of sp³-hybridized carbons (Fsp3) is 0.188. The second-order valence-corrected chi connectivity index (χ2v) is 5.75. The number of thioether (sulfide) groups is 1. The van der Waals surface area contributed by atoms with E-state index in [2.05, 4.69) is 5.32 Å². The molecule has 2 rings (SSSR count). The van der Waals surface area contributed by atoms with Gasteiger partial charge in [0, 0.05) is 17.1 Å². The van der Waals surface area contributed by atoms with E-state index < -0.39 is 0 Å².